The van der Waals surface area contributed by atoms with E-state index in [4.69, 9.17) is 4.74 Å². The number of methoxy groups -OCH3 is 1. The van der Waals surface area contributed by atoms with Gasteiger partial charge in [-0.15, -0.1) is 0 Å². The molecule has 1 saturated heterocycles. The summed E-state index contributed by atoms with van der Waals surface area (Å²) in [6, 6.07) is 3.88. The van der Waals surface area contributed by atoms with Crippen LogP contribution in [-0.4, -0.2) is 55.7 Å². The van der Waals surface area contributed by atoms with Gasteiger partial charge in [-0.1, -0.05) is 12.5 Å². The monoisotopic (exact) mass is 370 g/mol. The number of aromatic carboxylic acids is 1. The number of rotatable bonds is 6. The molecule has 0 radical (unpaired) electrons. The van der Waals surface area contributed by atoms with Gasteiger partial charge in [0.05, 0.1) is 13.4 Å². The van der Waals surface area contributed by atoms with Gasteiger partial charge in [0.2, 0.25) is 15.9 Å². The Labute approximate surface area is 146 Å². The van der Waals surface area contributed by atoms with Crippen molar-refractivity contribution >= 4 is 21.9 Å². The maximum atomic E-state index is 12.4. The molecule has 0 aliphatic carbocycles. The molecule has 138 valence electrons. The number of amides is 1. The standard InChI is InChI=1S/C16H22N2O6S/c1-24-14-7-6-11(9-12(14)16(20)21)10-17-15(19)13-5-3-4-8-18(13)25(2,22)23/h6-7,9,13H,3-5,8,10H2,1-2H3,(H,17,19)(H,20,21). The van der Waals surface area contributed by atoms with Crippen molar-refractivity contribution in [3.05, 3.63) is 29.3 Å². The number of sulfonamides is 1. The van der Waals surface area contributed by atoms with E-state index in [1.54, 1.807) is 6.07 Å². The van der Waals surface area contributed by atoms with Crippen molar-refractivity contribution in [2.45, 2.75) is 31.8 Å². The summed E-state index contributed by atoms with van der Waals surface area (Å²) < 4.78 is 29.9. The lowest BCUT2D eigenvalue weighted by Crippen LogP contribution is -2.51. The van der Waals surface area contributed by atoms with E-state index in [1.807, 2.05) is 0 Å². The van der Waals surface area contributed by atoms with E-state index in [-0.39, 0.29) is 23.8 Å². The van der Waals surface area contributed by atoms with Crippen LogP contribution in [0.25, 0.3) is 0 Å². The van der Waals surface area contributed by atoms with Crippen LogP contribution < -0.4 is 10.1 Å². The highest BCUT2D eigenvalue weighted by molar-refractivity contribution is 7.88. The van der Waals surface area contributed by atoms with Crippen LogP contribution in [0.1, 0.15) is 35.2 Å². The van der Waals surface area contributed by atoms with E-state index < -0.39 is 22.0 Å². The van der Waals surface area contributed by atoms with Gasteiger partial charge in [0, 0.05) is 13.1 Å². The highest BCUT2D eigenvalue weighted by atomic mass is 32.2. The average molecular weight is 370 g/mol. The Hall–Kier alpha value is -2.13. The van der Waals surface area contributed by atoms with Crippen molar-refractivity contribution < 1.29 is 27.9 Å². The summed E-state index contributed by atoms with van der Waals surface area (Å²) in [7, 11) is -2.07. The third kappa shape index (κ3) is 4.70. The van der Waals surface area contributed by atoms with Crippen molar-refractivity contribution in [2.75, 3.05) is 19.9 Å². The lowest BCUT2D eigenvalue weighted by atomic mass is 10.0. The third-order valence-electron chi connectivity index (χ3n) is 4.14. The zero-order chi connectivity index (χ0) is 18.6. The topological polar surface area (TPSA) is 113 Å². The van der Waals surface area contributed by atoms with Crippen LogP contribution in [0, 0.1) is 0 Å². The molecule has 9 heteroatoms. The Morgan fingerprint density at radius 1 is 1.36 bits per heavy atom. The first-order chi connectivity index (χ1) is 11.7. The molecule has 1 fully saturated rings. The summed E-state index contributed by atoms with van der Waals surface area (Å²) in [5.41, 5.74) is 0.595. The average Bonchev–Trinajstić information content (AvgIpc) is 2.58. The summed E-state index contributed by atoms with van der Waals surface area (Å²) in [5, 5.41) is 11.9. The molecular formula is C16H22N2O6S. The smallest absolute Gasteiger partial charge is 0.339 e. The van der Waals surface area contributed by atoms with Crippen molar-refractivity contribution in [1.82, 2.24) is 9.62 Å². The second-order valence-corrected chi connectivity index (χ2v) is 7.88. The fourth-order valence-electron chi connectivity index (χ4n) is 2.90. The van der Waals surface area contributed by atoms with E-state index in [0.717, 1.165) is 19.1 Å². The number of benzene rings is 1. The number of nitrogens with zero attached hydrogens (tertiary/aromatic N) is 1. The van der Waals surface area contributed by atoms with Gasteiger partial charge in [-0.05, 0) is 30.5 Å². The second-order valence-electron chi connectivity index (χ2n) is 5.94. The number of nitrogens with one attached hydrogen (secondary N) is 1. The highest BCUT2D eigenvalue weighted by Gasteiger charge is 2.34. The minimum Gasteiger partial charge on any atom is -0.496 e. The summed E-state index contributed by atoms with van der Waals surface area (Å²) in [4.78, 5) is 23.6. The zero-order valence-corrected chi connectivity index (χ0v) is 15.0. The Morgan fingerprint density at radius 3 is 2.68 bits per heavy atom. The normalized spacial score (nSPS) is 18.6. The number of carbonyl (C=O) groups is 2. The third-order valence-corrected chi connectivity index (χ3v) is 5.43. The van der Waals surface area contributed by atoms with Crippen molar-refractivity contribution in [3.63, 3.8) is 0 Å². The van der Waals surface area contributed by atoms with Gasteiger partial charge in [0.25, 0.3) is 0 Å². The first kappa shape index (κ1) is 19.2. The first-order valence-corrected chi connectivity index (χ1v) is 9.73. The van der Waals surface area contributed by atoms with E-state index in [9.17, 15) is 23.1 Å². The molecule has 1 heterocycles. The number of ether oxygens (including phenoxy) is 1. The van der Waals surface area contributed by atoms with Gasteiger partial charge in [0.1, 0.15) is 17.4 Å². The number of carboxylic acids is 1. The molecule has 1 aromatic rings. The number of hydrogen-bond acceptors (Lipinski definition) is 5. The van der Waals surface area contributed by atoms with Crippen LogP contribution in [0.5, 0.6) is 5.75 Å². The van der Waals surface area contributed by atoms with Crippen molar-refractivity contribution in [3.8, 4) is 5.75 Å². The van der Waals surface area contributed by atoms with Gasteiger partial charge >= 0.3 is 5.97 Å². The highest BCUT2D eigenvalue weighted by Crippen LogP contribution is 2.21. The van der Waals surface area contributed by atoms with Crippen LogP contribution in [0.2, 0.25) is 0 Å². The van der Waals surface area contributed by atoms with Crippen LogP contribution in [0.15, 0.2) is 18.2 Å². The predicted octanol–water partition coefficient (Wildman–Crippen LogP) is 0.824. The summed E-state index contributed by atoms with van der Waals surface area (Å²) in [6.07, 6.45) is 3.09. The molecule has 1 aromatic carbocycles. The molecule has 1 aliphatic rings. The number of piperidine rings is 1. The van der Waals surface area contributed by atoms with E-state index in [0.29, 0.717) is 18.5 Å². The maximum absolute atomic E-state index is 12.4. The van der Waals surface area contributed by atoms with Gasteiger partial charge < -0.3 is 15.2 Å². The fraction of sp³-hybridized carbons (Fsp3) is 0.500. The lowest BCUT2D eigenvalue weighted by Gasteiger charge is -2.32. The molecule has 2 N–H and O–H groups in total. The fourth-order valence-corrected chi connectivity index (χ4v) is 4.03. The molecule has 0 saturated carbocycles. The summed E-state index contributed by atoms with van der Waals surface area (Å²) in [5.74, 6) is -1.27. The lowest BCUT2D eigenvalue weighted by molar-refractivity contribution is -0.125. The predicted molar refractivity (Wildman–Crippen MR) is 91.0 cm³/mol. The first-order valence-electron chi connectivity index (χ1n) is 7.88. The van der Waals surface area contributed by atoms with Crippen molar-refractivity contribution in [2.24, 2.45) is 0 Å². The van der Waals surface area contributed by atoms with Crippen LogP contribution in [0.4, 0.5) is 0 Å². The number of carbonyl (C=O) groups excluding carboxylic acids is 1. The zero-order valence-electron chi connectivity index (χ0n) is 14.2. The van der Waals surface area contributed by atoms with Crippen molar-refractivity contribution in [1.29, 1.82) is 0 Å². The van der Waals surface area contributed by atoms with E-state index in [2.05, 4.69) is 5.32 Å². The van der Waals surface area contributed by atoms with Crippen LogP contribution in [0.3, 0.4) is 0 Å². The SMILES string of the molecule is COc1ccc(CNC(=O)C2CCCCN2S(C)(=O)=O)cc1C(=O)O. The summed E-state index contributed by atoms with van der Waals surface area (Å²) >= 11 is 0. The molecule has 0 aromatic heterocycles. The molecule has 8 nitrogen and oxygen atoms in total. The van der Waals surface area contributed by atoms with E-state index >= 15 is 0 Å². The Morgan fingerprint density at radius 2 is 2.08 bits per heavy atom. The molecular weight excluding hydrogens is 348 g/mol. The molecule has 25 heavy (non-hydrogen) atoms. The molecule has 1 amide bonds. The quantitative estimate of drug-likeness (QED) is 0.767. The summed E-state index contributed by atoms with van der Waals surface area (Å²) in [6.45, 7) is 0.444. The second kappa shape index (κ2) is 7.83. The minimum absolute atomic E-state index is 0.00433. The Bertz CT molecular complexity index is 762. The molecule has 1 atom stereocenters. The van der Waals surface area contributed by atoms with Crippen LogP contribution >= 0.6 is 0 Å². The van der Waals surface area contributed by atoms with Gasteiger partial charge in [-0.3, -0.25) is 4.79 Å². The maximum Gasteiger partial charge on any atom is 0.339 e. The Balaban J connectivity index is 2.09. The largest absolute Gasteiger partial charge is 0.496 e. The molecule has 1 aliphatic heterocycles. The number of carboxylic acid groups (broad SMARTS) is 1. The minimum atomic E-state index is -3.45. The Kier molecular flexibility index (Phi) is 6.02. The van der Waals surface area contributed by atoms with E-state index in [1.165, 1.54) is 23.5 Å². The van der Waals surface area contributed by atoms with Gasteiger partial charge in [-0.25, -0.2) is 13.2 Å². The molecule has 0 spiro atoms. The van der Waals surface area contributed by atoms with Gasteiger partial charge in [0.15, 0.2) is 0 Å². The molecule has 2 rings (SSSR count). The van der Waals surface area contributed by atoms with Gasteiger partial charge in [-0.2, -0.15) is 4.31 Å². The molecule has 0 bridgehead atoms. The van der Waals surface area contributed by atoms with Crippen LogP contribution in [-0.2, 0) is 21.4 Å². The molecule has 1 unspecified atom stereocenters. The number of hydrogen-bond donors (Lipinski definition) is 2.